The molecule has 0 saturated carbocycles. The minimum absolute atomic E-state index is 0.000277. The monoisotopic (exact) mass is 435 g/mol. The van der Waals surface area contributed by atoms with Crippen LogP contribution in [0, 0.1) is 0 Å². The van der Waals surface area contributed by atoms with Gasteiger partial charge in [-0.1, -0.05) is 0 Å². The smallest absolute Gasteiger partial charge is 0.185 e. The van der Waals surface area contributed by atoms with Crippen LogP contribution in [0.5, 0.6) is 0 Å². The molecule has 22 heavy (non-hydrogen) atoms. The second-order valence-electron chi connectivity index (χ2n) is 4.61. The summed E-state index contributed by atoms with van der Waals surface area (Å²) in [6.07, 6.45) is 7.39. The highest BCUT2D eigenvalue weighted by molar-refractivity contribution is 9.13. The summed E-state index contributed by atoms with van der Waals surface area (Å²) in [7, 11) is 0. The highest BCUT2D eigenvalue weighted by atomic mass is 79.9. The van der Waals surface area contributed by atoms with Crippen molar-refractivity contribution >= 4 is 55.1 Å². The first-order valence-corrected chi connectivity index (χ1v) is 8.94. The van der Waals surface area contributed by atoms with Crippen LogP contribution in [-0.4, -0.2) is 10.4 Å². The second kappa shape index (κ2) is 6.77. The van der Waals surface area contributed by atoms with Crippen molar-refractivity contribution in [3.8, 4) is 5.69 Å². The minimum atomic E-state index is -0.000277. The molecule has 0 aliphatic heterocycles. The number of nitrogens with zero attached hydrogens (tertiary/aromatic N) is 1. The molecule has 3 rings (SSSR count). The van der Waals surface area contributed by atoms with Gasteiger partial charge in [-0.05, 0) is 86.5 Å². The van der Waals surface area contributed by atoms with Gasteiger partial charge >= 0.3 is 0 Å². The van der Waals surface area contributed by atoms with Gasteiger partial charge in [0.25, 0.3) is 0 Å². The maximum atomic E-state index is 12.2. The third-order valence-corrected chi connectivity index (χ3v) is 6.34. The zero-order valence-electron chi connectivity index (χ0n) is 11.4. The average molecular weight is 437 g/mol. The number of thiophene rings is 1. The topological polar surface area (TPSA) is 22.0 Å². The van der Waals surface area contributed by atoms with Gasteiger partial charge in [0.05, 0.1) is 3.79 Å². The van der Waals surface area contributed by atoms with Crippen LogP contribution in [0.1, 0.15) is 15.2 Å². The molecule has 3 aromatic rings. The first kappa shape index (κ1) is 15.5. The lowest BCUT2D eigenvalue weighted by Gasteiger charge is -2.03. The second-order valence-corrected chi connectivity index (χ2v) is 7.86. The van der Waals surface area contributed by atoms with E-state index in [9.17, 15) is 4.79 Å². The Hall–Kier alpha value is -1.43. The fraction of sp³-hybridized carbons (Fsp3) is 0. The van der Waals surface area contributed by atoms with Crippen LogP contribution in [0.4, 0.5) is 0 Å². The summed E-state index contributed by atoms with van der Waals surface area (Å²) >= 11 is 8.46. The first-order chi connectivity index (χ1) is 10.6. The van der Waals surface area contributed by atoms with Gasteiger partial charge in [0.15, 0.2) is 5.78 Å². The molecule has 0 bridgehead atoms. The van der Waals surface area contributed by atoms with E-state index in [2.05, 4.69) is 31.9 Å². The number of carbonyl (C=O) groups is 1. The predicted molar refractivity (Wildman–Crippen MR) is 98.9 cm³/mol. The molecule has 0 fully saturated rings. The third kappa shape index (κ3) is 3.48. The van der Waals surface area contributed by atoms with Gasteiger partial charge in [-0.25, -0.2) is 0 Å². The quantitative estimate of drug-likeness (QED) is 0.365. The van der Waals surface area contributed by atoms with Crippen LogP contribution in [0.3, 0.4) is 0 Å². The molecule has 0 amide bonds. The van der Waals surface area contributed by atoms with Gasteiger partial charge in [0.1, 0.15) is 0 Å². The predicted octanol–water partition coefficient (Wildman–Crippen LogP) is 5.96. The zero-order chi connectivity index (χ0) is 15.5. The molecule has 0 spiro atoms. The highest BCUT2D eigenvalue weighted by Gasteiger charge is 2.04. The molecule has 0 atom stereocenters. The number of hydrogen-bond acceptors (Lipinski definition) is 2. The highest BCUT2D eigenvalue weighted by Crippen LogP contribution is 2.33. The van der Waals surface area contributed by atoms with Crippen molar-refractivity contribution in [2.24, 2.45) is 0 Å². The summed E-state index contributed by atoms with van der Waals surface area (Å²) in [4.78, 5) is 13.2. The number of aromatic nitrogens is 1. The van der Waals surface area contributed by atoms with Gasteiger partial charge < -0.3 is 4.57 Å². The summed E-state index contributed by atoms with van der Waals surface area (Å²) in [6.45, 7) is 0. The van der Waals surface area contributed by atoms with E-state index in [0.29, 0.717) is 5.56 Å². The van der Waals surface area contributed by atoms with E-state index < -0.39 is 0 Å². The van der Waals surface area contributed by atoms with Crippen molar-refractivity contribution in [2.75, 3.05) is 0 Å². The molecule has 110 valence electrons. The molecule has 2 aromatic heterocycles. The van der Waals surface area contributed by atoms with E-state index in [1.54, 1.807) is 17.4 Å². The number of allylic oxidation sites excluding steroid dienone is 1. The Morgan fingerprint density at radius 2 is 1.77 bits per heavy atom. The summed E-state index contributed by atoms with van der Waals surface area (Å²) in [5, 5.41) is 0. The lowest BCUT2D eigenvalue weighted by atomic mass is 10.1. The van der Waals surface area contributed by atoms with Gasteiger partial charge in [-0.15, -0.1) is 11.3 Å². The fourth-order valence-corrected chi connectivity index (χ4v) is 4.00. The maximum absolute atomic E-state index is 12.2. The summed E-state index contributed by atoms with van der Waals surface area (Å²) in [5.41, 5.74) is 1.72. The first-order valence-electron chi connectivity index (χ1n) is 6.54. The lowest BCUT2D eigenvalue weighted by molar-refractivity contribution is 0.104. The van der Waals surface area contributed by atoms with Crippen LogP contribution in [0.2, 0.25) is 0 Å². The average Bonchev–Trinajstić information content (AvgIpc) is 3.16. The van der Waals surface area contributed by atoms with E-state index in [1.165, 1.54) is 0 Å². The molecule has 2 heterocycles. The summed E-state index contributed by atoms with van der Waals surface area (Å²) in [6, 6.07) is 13.5. The van der Waals surface area contributed by atoms with E-state index in [0.717, 1.165) is 18.8 Å². The molecule has 0 aliphatic carbocycles. The van der Waals surface area contributed by atoms with E-state index in [4.69, 9.17) is 0 Å². The normalized spacial score (nSPS) is 11.2. The Bertz CT molecular complexity index is 797. The SMILES string of the molecule is O=C(/C=C/c1cc(Br)c(Br)s1)c1ccc(-n2cccc2)cc1. The van der Waals surface area contributed by atoms with Crippen LogP contribution in [0.15, 0.2) is 69.2 Å². The van der Waals surface area contributed by atoms with Crippen LogP contribution in [0.25, 0.3) is 11.8 Å². The molecule has 0 saturated heterocycles. The van der Waals surface area contributed by atoms with Gasteiger partial charge in [0, 0.05) is 33.0 Å². The molecular weight excluding hydrogens is 426 g/mol. The molecular formula is C17H11Br2NOS. The summed E-state index contributed by atoms with van der Waals surface area (Å²) in [5.74, 6) is -0.000277. The van der Waals surface area contributed by atoms with Gasteiger partial charge in [0.2, 0.25) is 0 Å². The summed E-state index contributed by atoms with van der Waals surface area (Å²) < 4.78 is 4.03. The van der Waals surface area contributed by atoms with Crippen LogP contribution < -0.4 is 0 Å². The van der Waals surface area contributed by atoms with Crippen LogP contribution >= 0.6 is 43.2 Å². The molecule has 2 nitrogen and oxygen atoms in total. The fourth-order valence-electron chi connectivity index (χ4n) is 2.00. The Kier molecular flexibility index (Phi) is 4.76. The number of ketones is 1. The Morgan fingerprint density at radius 3 is 2.36 bits per heavy atom. The lowest BCUT2D eigenvalue weighted by Crippen LogP contribution is -1.95. The number of carbonyl (C=O) groups excluding carboxylic acids is 1. The van der Waals surface area contributed by atoms with Crippen molar-refractivity contribution < 1.29 is 4.79 Å². The molecule has 0 unspecified atom stereocenters. The number of halogens is 2. The molecule has 1 aromatic carbocycles. The maximum Gasteiger partial charge on any atom is 0.185 e. The van der Waals surface area contributed by atoms with Crippen molar-refractivity contribution in [1.29, 1.82) is 0 Å². The minimum Gasteiger partial charge on any atom is -0.324 e. The Morgan fingerprint density at radius 1 is 1.09 bits per heavy atom. The van der Waals surface area contributed by atoms with Crippen molar-refractivity contribution in [1.82, 2.24) is 4.57 Å². The molecule has 0 radical (unpaired) electrons. The van der Waals surface area contributed by atoms with Crippen LogP contribution in [-0.2, 0) is 0 Å². The molecule has 5 heteroatoms. The van der Waals surface area contributed by atoms with Gasteiger partial charge in [-0.3, -0.25) is 4.79 Å². The van der Waals surface area contributed by atoms with E-state index in [-0.39, 0.29) is 5.78 Å². The Balaban J connectivity index is 1.75. The number of rotatable bonds is 4. The third-order valence-electron chi connectivity index (χ3n) is 3.12. The van der Waals surface area contributed by atoms with Crippen molar-refractivity contribution in [3.63, 3.8) is 0 Å². The zero-order valence-corrected chi connectivity index (χ0v) is 15.4. The van der Waals surface area contributed by atoms with Crippen molar-refractivity contribution in [3.05, 3.63) is 79.6 Å². The van der Waals surface area contributed by atoms with Crippen molar-refractivity contribution in [2.45, 2.75) is 0 Å². The van der Waals surface area contributed by atoms with E-state index >= 15 is 0 Å². The van der Waals surface area contributed by atoms with Gasteiger partial charge in [-0.2, -0.15) is 0 Å². The number of benzene rings is 1. The standard InChI is InChI=1S/C17H11Br2NOS/c18-15-11-14(22-17(15)19)7-8-16(21)12-3-5-13(6-4-12)20-9-1-2-10-20/h1-11H/b8-7+. The Labute approximate surface area is 149 Å². The molecule has 0 aliphatic rings. The molecule has 0 N–H and O–H groups in total. The number of hydrogen-bond donors (Lipinski definition) is 0. The van der Waals surface area contributed by atoms with E-state index in [1.807, 2.05) is 65.5 Å². The largest absolute Gasteiger partial charge is 0.324 e.